The van der Waals surface area contributed by atoms with Crippen LogP contribution < -0.4 is 4.74 Å². The number of aromatic hydroxyl groups is 1. The number of rotatable bonds is 7. The van der Waals surface area contributed by atoms with Gasteiger partial charge in [-0.2, -0.15) is 0 Å². The molecule has 4 aromatic rings. The van der Waals surface area contributed by atoms with Crippen molar-refractivity contribution in [3.63, 3.8) is 0 Å². The van der Waals surface area contributed by atoms with E-state index in [9.17, 15) is 9.50 Å². The highest BCUT2D eigenvalue weighted by molar-refractivity contribution is 6.02. The first-order chi connectivity index (χ1) is 17.7. The highest BCUT2D eigenvalue weighted by atomic mass is 19.1. The van der Waals surface area contributed by atoms with E-state index in [1.807, 2.05) is 18.3 Å². The maximum atomic E-state index is 12.5. The van der Waals surface area contributed by atoms with Crippen molar-refractivity contribution in [2.75, 3.05) is 26.3 Å². The average molecular weight is 483 g/mol. The van der Waals surface area contributed by atoms with Crippen molar-refractivity contribution in [1.29, 1.82) is 0 Å². The van der Waals surface area contributed by atoms with Crippen LogP contribution in [0.1, 0.15) is 41.5 Å². The van der Waals surface area contributed by atoms with Gasteiger partial charge in [0.2, 0.25) is 0 Å². The van der Waals surface area contributed by atoms with Gasteiger partial charge in [-0.15, -0.1) is 0 Å². The Morgan fingerprint density at radius 2 is 1.83 bits per heavy atom. The minimum absolute atomic E-state index is 0.144. The van der Waals surface area contributed by atoms with Gasteiger partial charge in [0, 0.05) is 31.3 Å². The molecule has 0 saturated carbocycles. The summed E-state index contributed by atoms with van der Waals surface area (Å²) in [5.74, 6) is 1.14. The Labute approximate surface area is 211 Å². The SMILES string of the molecule is Oc1ccc2c(c1)C(c1ccc(O[C@H]3CCN(CCCF)C3)cc1)=C(c1ccc3[nH]ccc3c1)CC2. The Hall–Kier alpha value is -3.57. The molecule has 5 heteroatoms. The number of H-pyrrole nitrogens is 1. The molecule has 0 spiro atoms. The van der Waals surface area contributed by atoms with Gasteiger partial charge in [0.05, 0.1) is 6.67 Å². The Morgan fingerprint density at radius 1 is 0.972 bits per heavy atom. The maximum Gasteiger partial charge on any atom is 0.119 e. The molecular weight excluding hydrogens is 451 g/mol. The third kappa shape index (κ3) is 4.51. The molecule has 0 radical (unpaired) electrons. The zero-order valence-electron chi connectivity index (χ0n) is 20.3. The highest BCUT2D eigenvalue weighted by Gasteiger charge is 2.25. The molecule has 2 heterocycles. The standard InChI is InChI=1S/C31H31FN2O2/c32-14-1-16-34-17-13-27(20-34)36-26-8-3-22(4-9-26)31-28(10-5-21-2-7-25(35)19-29(21)31)23-6-11-30-24(18-23)12-15-33-30/h2-4,6-9,11-12,15,18-19,27,33,35H,1,5,10,13-14,16-17,20H2/t27-/m0/s1. The predicted octanol–water partition coefficient (Wildman–Crippen LogP) is 6.59. The fourth-order valence-electron chi connectivity index (χ4n) is 5.69. The lowest BCUT2D eigenvalue weighted by atomic mass is 9.79. The topological polar surface area (TPSA) is 48.5 Å². The zero-order valence-corrected chi connectivity index (χ0v) is 20.3. The molecular formula is C31H31FN2O2. The number of aryl methyl sites for hydroxylation is 1. The number of halogens is 1. The average Bonchev–Trinajstić information content (AvgIpc) is 3.56. The Kier molecular flexibility index (Phi) is 6.24. The second-order valence-corrected chi connectivity index (χ2v) is 9.87. The van der Waals surface area contributed by atoms with Crippen LogP contribution in [0.3, 0.4) is 0 Å². The van der Waals surface area contributed by atoms with Gasteiger partial charge in [0.1, 0.15) is 17.6 Å². The van der Waals surface area contributed by atoms with Crippen LogP contribution in [0, 0.1) is 0 Å². The number of hydrogen-bond donors (Lipinski definition) is 2. The van der Waals surface area contributed by atoms with Crippen LogP contribution in [-0.4, -0.2) is 47.4 Å². The minimum atomic E-state index is -0.263. The molecule has 36 heavy (non-hydrogen) atoms. The fraction of sp³-hybridized carbons (Fsp3) is 0.290. The number of nitrogens with one attached hydrogen (secondary N) is 1. The largest absolute Gasteiger partial charge is 0.508 e. The normalized spacial score (nSPS) is 18.1. The fourth-order valence-corrected chi connectivity index (χ4v) is 5.69. The predicted molar refractivity (Wildman–Crippen MR) is 143 cm³/mol. The van der Waals surface area contributed by atoms with Crippen molar-refractivity contribution in [3.8, 4) is 11.5 Å². The maximum absolute atomic E-state index is 12.5. The van der Waals surface area contributed by atoms with E-state index < -0.39 is 0 Å². The first-order valence-corrected chi connectivity index (χ1v) is 12.9. The summed E-state index contributed by atoms with van der Waals surface area (Å²) in [6, 6.07) is 22.8. The van der Waals surface area contributed by atoms with Crippen molar-refractivity contribution in [2.45, 2.75) is 31.8 Å². The lowest BCUT2D eigenvalue weighted by Crippen LogP contribution is -2.26. The summed E-state index contributed by atoms with van der Waals surface area (Å²) in [6.45, 7) is 2.35. The Morgan fingerprint density at radius 3 is 2.69 bits per heavy atom. The Bertz CT molecular complexity index is 1410. The number of aromatic nitrogens is 1. The molecule has 0 unspecified atom stereocenters. The van der Waals surface area contributed by atoms with Gasteiger partial charge >= 0.3 is 0 Å². The number of phenols is 1. The quantitative estimate of drug-likeness (QED) is 0.312. The van der Waals surface area contributed by atoms with Crippen molar-refractivity contribution in [1.82, 2.24) is 9.88 Å². The first-order valence-electron chi connectivity index (χ1n) is 12.9. The summed E-state index contributed by atoms with van der Waals surface area (Å²) in [7, 11) is 0. The first kappa shape index (κ1) is 22.9. The Balaban J connectivity index is 1.33. The van der Waals surface area contributed by atoms with Crippen LogP contribution in [0.5, 0.6) is 11.5 Å². The number of alkyl halides is 1. The van der Waals surface area contributed by atoms with Crippen molar-refractivity contribution < 1.29 is 14.2 Å². The zero-order chi connectivity index (χ0) is 24.5. The number of fused-ring (bicyclic) bond motifs is 2. The van der Waals surface area contributed by atoms with Crippen LogP contribution in [0.4, 0.5) is 4.39 Å². The number of benzene rings is 3. The van der Waals surface area contributed by atoms with Gasteiger partial charge in [0.25, 0.3) is 0 Å². The summed E-state index contributed by atoms with van der Waals surface area (Å²) in [6.07, 6.45) is 5.57. The molecule has 2 N–H and O–H groups in total. The van der Waals surface area contributed by atoms with E-state index >= 15 is 0 Å². The van der Waals surface area contributed by atoms with Crippen molar-refractivity contribution in [3.05, 3.63) is 95.2 Å². The van der Waals surface area contributed by atoms with Gasteiger partial charge in [-0.25, -0.2) is 0 Å². The summed E-state index contributed by atoms with van der Waals surface area (Å²) in [4.78, 5) is 5.56. The van der Waals surface area contributed by atoms with E-state index in [2.05, 4.69) is 58.4 Å². The van der Waals surface area contributed by atoms with Gasteiger partial charge < -0.3 is 14.8 Å². The van der Waals surface area contributed by atoms with E-state index in [-0.39, 0.29) is 18.5 Å². The number of nitrogens with zero attached hydrogens (tertiary/aromatic N) is 1. The summed E-state index contributed by atoms with van der Waals surface area (Å²) in [5.41, 5.74) is 8.29. The molecule has 6 rings (SSSR count). The van der Waals surface area contributed by atoms with Crippen LogP contribution >= 0.6 is 0 Å². The highest BCUT2D eigenvalue weighted by Crippen LogP contribution is 2.42. The lowest BCUT2D eigenvalue weighted by molar-refractivity contribution is 0.198. The molecule has 1 atom stereocenters. The number of phenolic OH excluding ortho intramolecular Hbond substituents is 1. The summed E-state index contributed by atoms with van der Waals surface area (Å²) in [5, 5.41) is 11.5. The molecule has 184 valence electrons. The second kappa shape index (κ2) is 9.82. The molecule has 2 aliphatic rings. The molecule has 1 fully saturated rings. The van der Waals surface area contributed by atoms with Gasteiger partial charge in [-0.1, -0.05) is 24.3 Å². The molecule has 0 bridgehead atoms. The van der Waals surface area contributed by atoms with Crippen LogP contribution in [-0.2, 0) is 6.42 Å². The third-order valence-electron chi connectivity index (χ3n) is 7.49. The smallest absolute Gasteiger partial charge is 0.119 e. The van der Waals surface area contributed by atoms with Crippen LogP contribution in [0.25, 0.3) is 22.0 Å². The van der Waals surface area contributed by atoms with E-state index in [4.69, 9.17) is 4.74 Å². The molecule has 4 nitrogen and oxygen atoms in total. The second-order valence-electron chi connectivity index (χ2n) is 9.87. The van der Waals surface area contributed by atoms with Crippen molar-refractivity contribution >= 4 is 22.0 Å². The lowest BCUT2D eigenvalue weighted by Gasteiger charge is -2.25. The molecule has 1 aromatic heterocycles. The number of aromatic amines is 1. The van der Waals surface area contributed by atoms with Gasteiger partial charge in [-0.3, -0.25) is 9.29 Å². The number of allylic oxidation sites excluding steroid dienone is 1. The number of hydrogen-bond acceptors (Lipinski definition) is 3. The van der Waals surface area contributed by atoms with E-state index in [1.165, 1.54) is 27.7 Å². The van der Waals surface area contributed by atoms with E-state index in [0.717, 1.165) is 61.3 Å². The molecule has 3 aromatic carbocycles. The summed E-state index contributed by atoms with van der Waals surface area (Å²) < 4.78 is 18.8. The van der Waals surface area contributed by atoms with E-state index in [1.54, 1.807) is 6.07 Å². The molecule has 1 aliphatic carbocycles. The van der Waals surface area contributed by atoms with Gasteiger partial charge in [-0.05, 0) is 107 Å². The van der Waals surface area contributed by atoms with Gasteiger partial charge in [0.15, 0.2) is 0 Å². The van der Waals surface area contributed by atoms with Crippen LogP contribution in [0.2, 0.25) is 0 Å². The summed E-state index contributed by atoms with van der Waals surface area (Å²) >= 11 is 0. The van der Waals surface area contributed by atoms with Crippen molar-refractivity contribution in [2.24, 2.45) is 0 Å². The monoisotopic (exact) mass is 482 g/mol. The number of ether oxygens (including phenoxy) is 1. The minimum Gasteiger partial charge on any atom is -0.508 e. The van der Waals surface area contributed by atoms with E-state index in [0.29, 0.717) is 6.42 Å². The molecule has 1 aliphatic heterocycles. The third-order valence-corrected chi connectivity index (χ3v) is 7.49. The number of likely N-dealkylation sites (tertiary alicyclic amines) is 1. The molecule has 0 amide bonds. The molecule has 1 saturated heterocycles. The van der Waals surface area contributed by atoms with Crippen LogP contribution in [0.15, 0.2) is 72.9 Å².